The second-order valence-electron chi connectivity index (χ2n) is 4.89. The number of hydrogen-bond acceptors (Lipinski definition) is 4. The number of fused-ring (bicyclic) bond motifs is 1. The standard InChI is InChI=1S/C15H18N4O2/c1-2-10-9-13(19-18-10)17-15(20)14-11-5-3-4-6-12(11)21-8-7-16-14/h3-6,9,14,16H,2,7-8H2,1H3,(H2,17,18,19,20). The van der Waals surface area contributed by atoms with Gasteiger partial charge in [0.15, 0.2) is 5.82 Å². The Hall–Kier alpha value is -2.34. The van der Waals surface area contributed by atoms with E-state index in [1.165, 1.54) is 0 Å². The van der Waals surface area contributed by atoms with E-state index < -0.39 is 6.04 Å². The third kappa shape index (κ3) is 2.90. The fourth-order valence-corrected chi connectivity index (χ4v) is 2.36. The molecular weight excluding hydrogens is 268 g/mol. The van der Waals surface area contributed by atoms with E-state index in [2.05, 4.69) is 20.8 Å². The van der Waals surface area contributed by atoms with Crippen LogP contribution in [0.3, 0.4) is 0 Å². The van der Waals surface area contributed by atoms with Gasteiger partial charge in [-0.2, -0.15) is 5.10 Å². The van der Waals surface area contributed by atoms with Crippen molar-refractivity contribution < 1.29 is 9.53 Å². The molecule has 1 aliphatic rings. The van der Waals surface area contributed by atoms with Crippen LogP contribution in [0, 0.1) is 0 Å². The maximum atomic E-state index is 12.5. The van der Waals surface area contributed by atoms with Gasteiger partial charge in [-0.05, 0) is 12.5 Å². The predicted molar refractivity (Wildman–Crippen MR) is 79.3 cm³/mol. The second kappa shape index (κ2) is 5.97. The largest absolute Gasteiger partial charge is 0.492 e. The summed E-state index contributed by atoms with van der Waals surface area (Å²) in [5.41, 5.74) is 1.83. The number of hydrogen-bond donors (Lipinski definition) is 3. The monoisotopic (exact) mass is 286 g/mol. The molecule has 0 saturated carbocycles. The minimum Gasteiger partial charge on any atom is -0.492 e. The van der Waals surface area contributed by atoms with Crippen molar-refractivity contribution in [2.75, 3.05) is 18.5 Å². The van der Waals surface area contributed by atoms with Gasteiger partial charge in [0.25, 0.3) is 0 Å². The number of aromatic nitrogens is 2. The van der Waals surface area contributed by atoms with Crippen molar-refractivity contribution in [3.63, 3.8) is 0 Å². The number of carbonyl (C=O) groups is 1. The highest BCUT2D eigenvalue weighted by Crippen LogP contribution is 2.27. The topological polar surface area (TPSA) is 79.0 Å². The Bertz CT molecular complexity index is 638. The van der Waals surface area contributed by atoms with Crippen molar-refractivity contribution in [3.05, 3.63) is 41.6 Å². The van der Waals surface area contributed by atoms with Gasteiger partial charge in [0.05, 0.1) is 0 Å². The average molecular weight is 286 g/mol. The van der Waals surface area contributed by atoms with Gasteiger partial charge in [0, 0.05) is 23.9 Å². The maximum absolute atomic E-state index is 12.5. The average Bonchev–Trinajstić information content (AvgIpc) is 2.84. The van der Waals surface area contributed by atoms with E-state index in [4.69, 9.17) is 4.74 Å². The summed E-state index contributed by atoms with van der Waals surface area (Å²) in [4.78, 5) is 12.5. The summed E-state index contributed by atoms with van der Waals surface area (Å²) < 4.78 is 5.64. The molecule has 0 fully saturated rings. The zero-order valence-electron chi connectivity index (χ0n) is 11.8. The minimum atomic E-state index is -0.439. The van der Waals surface area contributed by atoms with E-state index in [1.807, 2.05) is 37.3 Å². The summed E-state index contributed by atoms with van der Waals surface area (Å²) in [5.74, 6) is 1.15. The van der Waals surface area contributed by atoms with Crippen LogP contribution < -0.4 is 15.4 Å². The maximum Gasteiger partial charge on any atom is 0.247 e. The first kappa shape index (κ1) is 13.6. The molecule has 0 spiro atoms. The summed E-state index contributed by atoms with van der Waals surface area (Å²) in [7, 11) is 0. The smallest absolute Gasteiger partial charge is 0.247 e. The van der Waals surface area contributed by atoms with Crippen LogP contribution in [-0.2, 0) is 11.2 Å². The van der Waals surface area contributed by atoms with E-state index in [9.17, 15) is 4.79 Å². The van der Waals surface area contributed by atoms with Crippen molar-refractivity contribution in [1.29, 1.82) is 0 Å². The first-order chi connectivity index (χ1) is 10.3. The van der Waals surface area contributed by atoms with Crippen LogP contribution in [0.2, 0.25) is 0 Å². The molecule has 110 valence electrons. The third-order valence-electron chi connectivity index (χ3n) is 3.46. The van der Waals surface area contributed by atoms with Crippen LogP contribution in [0.5, 0.6) is 5.75 Å². The Morgan fingerprint density at radius 1 is 1.48 bits per heavy atom. The molecular formula is C15H18N4O2. The lowest BCUT2D eigenvalue weighted by atomic mass is 10.1. The van der Waals surface area contributed by atoms with Gasteiger partial charge in [-0.1, -0.05) is 25.1 Å². The predicted octanol–water partition coefficient (Wildman–Crippen LogP) is 1.63. The third-order valence-corrected chi connectivity index (χ3v) is 3.46. The number of aryl methyl sites for hydroxylation is 1. The molecule has 1 atom stereocenters. The molecule has 0 bridgehead atoms. The molecule has 1 aromatic carbocycles. The van der Waals surface area contributed by atoms with Crippen molar-refractivity contribution in [2.24, 2.45) is 0 Å². The number of carbonyl (C=O) groups excluding carboxylic acids is 1. The lowest BCUT2D eigenvalue weighted by Crippen LogP contribution is -2.33. The molecule has 1 amide bonds. The summed E-state index contributed by atoms with van der Waals surface area (Å²) in [5, 5.41) is 13.0. The Balaban J connectivity index is 1.80. The molecule has 6 nitrogen and oxygen atoms in total. The molecule has 2 heterocycles. The number of amides is 1. The van der Waals surface area contributed by atoms with E-state index >= 15 is 0 Å². The van der Waals surface area contributed by atoms with Crippen LogP contribution in [0.15, 0.2) is 30.3 Å². The molecule has 1 aromatic heterocycles. The molecule has 0 aliphatic carbocycles. The van der Waals surface area contributed by atoms with Gasteiger partial charge in [-0.3, -0.25) is 15.2 Å². The van der Waals surface area contributed by atoms with Crippen LogP contribution in [0.4, 0.5) is 5.82 Å². The van der Waals surface area contributed by atoms with Gasteiger partial charge in [0.1, 0.15) is 18.4 Å². The van der Waals surface area contributed by atoms with Crippen molar-refractivity contribution in [1.82, 2.24) is 15.5 Å². The summed E-state index contributed by atoms with van der Waals surface area (Å²) in [6.45, 7) is 3.19. The number of nitrogens with one attached hydrogen (secondary N) is 3. The number of aromatic amines is 1. The first-order valence-electron chi connectivity index (χ1n) is 7.08. The van der Waals surface area contributed by atoms with Crippen molar-refractivity contribution >= 4 is 11.7 Å². The molecule has 6 heteroatoms. The molecule has 0 saturated heterocycles. The van der Waals surface area contributed by atoms with Crippen molar-refractivity contribution in [3.8, 4) is 5.75 Å². The highest BCUT2D eigenvalue weighted by molar-refractivity contribution is 5.95. The number of benzene rings is 1. The zero-order valence-corrected chi connectivity index (χ0v) is 11.8. The summed E-state index contributed by atoms with van der Waals surface area (Å²) in [6, 6.07) is 8.99. The zero-order chi connectivity index (χ0) is 14.7. The molecule has 1 unspecified atom stereocenters. The SMILES string of the molecule is CCc1cc(NC(=O)C2NCCOc3ccccc32)n[nH]1. The van der Waals surface area contributed by atoms with Gasteiger partial charge in [-0.15, -0.1) is 0 Å². The lowest BCUT2D eigenvalue weighted by Gasteiger charge is -2.16. The molecule has 0 radical (unpaired) electrons. The van der Waals surface area contributed by atoms with Crippen LogP contribution in [0.25, 0.3) is 0 Å². The number of anilines is 1. The number of H-pyrrole nitrogens is 1. The van der Waals surface area contributed by atoms with Crippen molar-refractivity contribution in [2.45, 2.75) is 19.4 Å². The van der Waals surface area contributed by atoms with E-state index in [-0.39, 0.29) is 5.91 Å². The highest BCUT2D eigenvalue weighted by atomic mass is 16.5. The van der Waals surface area contributed by atoms with Gasteiger partial charge in [0.2, 0.25) is 5.91 Å². The van der Waals surface area contributed by atoms with Crippen LogP contribution in [0.1, 0.15) is 24.2 Å². The Morgan fingerprint density at radius 3 is 3.14 bits per heavy atom. The number of nitrogens with zero attached hydrogens (tertiary/aromatic N) is 1. The van der Waals surface area contributed by atoms with Crippen LogP contribution >= 0.6 is 0 Å². The number of para-hydroxylation sites is 1. The van der Waals surface area contributed by atoms with E-state index in [0.29, 0.717) is 19.0 Å². The van der Waals surface area contributed by atoms with E-state index in [0.717, 1.165) is 23.4 Å². The molecule has 3 rings (SSSR count). The normalized spacial score (nSPS) is 17.5. The van der Waals surface area contributed by atoms with Gasteiger partial charge in [-0.25, -0.2) is 0 Å². The second-order valence-corrected chi connectivity index (χ2v) is 4.89. The molecule has 21 heavy (non-hydrogen) atoms. The Morgan fingerprint density at radius 2 is 2.33 bits per heavy atom. The minimum absolute atomic E-state index is 0.137. The molecule has 1 aliphatic heterocycles. The number of rotatable bonds is 3. The van der Waals surface area contributed by atoms with Crippen LogP contribution in [-0.4, -0.2) is 29.3 Å². The fraction of sp³-hybridized carbons (Fsp3) is 0.333. The Labute approximate surface area is 122 Å². The Kier molecular flexibility index (Phi) is 3.87. The van der Waals surface area contributed by atoms with E-state index in [1.54, 1.807) is 0 Å². The summed E-state index contributed by atoms with van der Waals surface area (Å²) in [6.07, 6.45) is 0.848. The quantitative estimate of drug-likeness (QED) is 0.801. The summed E-state index contributed by atoms with van der Waals surface area (Å²) >= 11 is 0. The molecule has 3 N–H and O–H groups in total. The first-order valence-corrected chi connectivity index (χ1v) is 7.08. The lowest BCUT2D eigenvalue weighted by molar-refractivity contribution is -0.118. The fourth-order valence-electron chi connectivity index (χ4n) is 2.36. The highest BCUT2D eigenvalue weighted by Gasteiger charge is 2.26. The van der Waals surface area contributed by atoms with Gasteiger partial charge < -0.3 is 10.1 Å². The number of ether oxygens (including phenoxy) is 1. The molecule has 2 aromatic rings. The van der Waals surface area contributed by atoms with Gasteiger partial charge >= 0.3 is 0 Å².